The van der Waals surface area contributed by atoms with Crippen molar-refractivity contribution in [2.45, 2.75) is 65.8 Å². The van der Waals surface area contributed by atoms with Gasteiger partial charge in [0.2, 0.25) is 0 Å². The predicted molar refractivity (Wildman–Crippen MR) is 273 cm³/mol. The second kappa shape index (κ2) is 32.8. The number of carbonyl (C=O) groups excluding carboxylic acids is 4. The van der Waals surface area contributed by atoms with Crippen molar-refractivity contribution in [2.75, 3.05) is 37.9 Å². The Balaban J connectivity index is 0.000000365. The summed E-state index contributed by atoms with van der Waals surface area (Å²) in [6, 6.07) is 36.7. The van der Waals surface area contributed by atoms with Gasteiger partial charge in [-0.3, -0.25) is 22.7 Å². The number of hydrogen-bond acceptors (Lipinski definition) is 17. The van der Waals surface area contributed by atoms with E-state index in [4.69, 9.17) is 37.0 Å². The summed E-state index contributed by atoms with van der Waals surface area (Å²) < 4.78 is 72.6. The number of hydrogen-bond donors (Lipinski definition) is 0. The van der Waals surface area contributed by atoms with Gasteiger partial charge in [0.1, 0.15) is 50.8 Å². The molecule has 0 aromatic heterocycles. The summed E-state index contributed by atoms with van der Waals surface area (Å²) >= 11 is 3.88. The molecule has 0 saturated heterocycles. The first-order valence-corrected chi connectivity index (χ1v) is 28.0. The van der Waals surface area contributed by atoms with Crippen molar-refractivity contribution in [1.82, 2.24) is 0 Å². The van der Waals surface area contributed by atoms with Crippen LogP contribution in [0, 0.1) is 0 Å². The van der Waals surface area contributed by atoms with Crippen LogP contribution in [0.5, 0.6) is 0 Å². The van der Waals surface area contributed by atoms with Gasteiger partial charge >= 0.3 is 38.3 Å². The minimum Gasteiger partial charge on any atom is -0.460 e. The molecular formula is C50H58O14P2S3. The molecule has 0 aliphatic carbocycles. The fourth-order valence-corrected chi connectivity index (χ4v) is 13.0. The van der Waals surface area contributed by atoms with E-state index < -0.39 is 62.7 Å². The predicted octanol–water partition coefficient (Wildman–Crippen LogP) is 11.3. The van der Waals surface area contributed by atoms with Gasteiger partial charge in [0.05, 0.1) is 5.30 Å². The van der Waals surface area contributed by atoms with E-state index in [0.29, 0.717) is 34.5 Å². The summed E-state index contributed by atoms with van der Waals surface area (Å²) in [6.07, 6.45) is 2.16. The Morgan fingerprint density at radius 3 is 1.14 bits per heavy atom. The van der Waals surface area contributed by atoms with Crippen LogP contribution < -0.4 is 5.30 Å². The van der Waals surface area contributed by atoms with Gasteiger partial charge in [0.15, 0.2) is 0 Å². The van der Waals surface area contributed by atoms with Gasteiger partial charge in [0, 0.05) is 50.5 Å². The van der Waals surface area contributed by atoms with Gasteiger partial charge in [-0.05, 0) is 72.8 Å². The molecule has 14 nitrogen and oxygen atoms in total. The molecule has 0 bridgehead atoms. The molecule has 0 saturated carbocycles. The fraction of sp³-hybridized carbons (Fsp3) is 0.280. The van der Waals surface area contributed by atoms with Gasteiger partial charge in [0.25, 0.3) is 0 Å². The smallest absolute Gasteiger partial charge is 0.394 e. The van der Waals surface area contributed by atoms with E-state index in [0.717, 1.165) is 45.5 Å². The van der Waals surface area contributed by atoms with Crippen molar-refractivity contribution in [1.29, 1.82) is 0 Å². The van der Waals surface area contributed by atoms with E-state index in [1.165, 1.54) is 23.5 Å². The van der Waals surface area contributed by atoms with E-state index >= 15 is 0 Å². The largest absolute Gasteiger partial charge is 0.460 e. The highest BCUT2D eigenvalue weighted by atomic mass is 32.7. The monoisotopic (exact) mass is 1040 g/mol. The number of rotatable bonds is 31. The Morgan fingerprint density at radius 1 is 0.464 bits per heavy atom. The van der Waals surface area contributed by atoms with Crippen LogP contribution in [0.15, 0.2) is 187 Å². The second-order valence-corrected chi connectivity index (χ2v) is 22.0. The summed E-state index contributed by atoms with van der Waals surface area (Å²) in [5.74, 6) is -1.75. The van der Waals surface area contributed by atoms with E-state index in [9.17, 15) is 28.3 Å². The number of thioether (sulfide) groups is 2. The standard InChI is InChI=1S/C25H29O7PS2.C25H29O7PS/c1-4-20(17-29-24(26)5-2)31-33(28,35-23-15-11-8-12-16-23)32-21(18-30-25(27)6-3)19-34-22-13-9-7-10-14-22;1-4-20(17-29-24(26)5-2)31-33(28,22-13-9-7-10-14-22)32-21(18-30-25(27)6-3)19-34-23-15-11-8-12-16-23/h5-16,20-21H,2-4,17-19H2,1H3;5-16,20-21H,2-4,17-19H2,1H3. The number of benzene rings is 4. The Kier molecular flexibility index (Phi) is 27.8. The molecule has 0 spiro atoms. The van der Waals surface area contributed by atoms with E-state index in [1.54, 1.807) is 42.5 Å². The molecular weight excluding hydrogens is 983 g/mol. The number of esters is 4. The van der Waals surface area contributed by atoms with Crippen molar-refractivity contribution in [2.24, 2.45) is 0 Å². The van der Waals surface area contributed by atoms with E-state index in [2.05, 4.69) is 26.3 Å². The Bertz CT molecular complexity index is 2310. The lowest BCUT2D eigenvalue weighted by atomic mass is 10.3. The second-order valence-electron chi connectivity index (χ2n) is 14.0. The summed E-state index contributed by atoms with van der Waals surface area (Å²) in [4.78, 5) is 49.0. The Morgan fingerprint density at radius 2 is 0.768 bits per heavy atom. The first-order chi connectivity index (χ1) is 33.3. The molecule has 0 aliphatic rings. The molecule has 0 amide bonds. The maximum absolute atomic E-state index is 14.1. The Hall–Kier alpha value is -4.93. The molecule has 19 heteroatoms. The number of ether oxygens (including phenoxy) is 4. The quantitative estimate of drug-likeness (QED) is 0.0153. The highest BCUT2D eigenvalue weighted by Crippen LogP contribution is 2.65. The van der Waals surface area contributed by atoms with Gasteiger partial charge in [-0.1, -0.05) is 113 Å². The fourth-order valence-electron chi connectivity index (χ4n) is 5.20. The van der Waals surface area contributed by atoms with Gasteiger partial charge in [-0.15, -0.1) is 23.5 Å². The highest BCUT2D eigenvalue weighted by Gasteiger charge is 2.36. The van der Waals surface area contributed by atoms with Gasteiger partial charge in [-0.25, -0.2) is 23.7 Å². The van der Waals surface area contributed by atoms with Crippen LogP contribution in [0.25, 0.3) is 0 Å². The zero-order valence-electron chi connectivity index (χ0n) is 38.5. The molecule has 6 atom stereocenters. The maximum Gasteiger partial charge on any atom is 0.394 e. The van der Waals surface area contributed by atoms with Gasteiger partial charge in [-0.2, -0.15) is 0 Å². The average molecular weight is 1040 g/mol. The average Bonchev–Trinajstić information content (AvgIpc) is 3.38. The van der Waals surface area contributed by atoms with Crippen molar-refractivity contribution in [3.63, 3.8) is 0 Å². The SMILES string of the molecule is C=CC(=O)OCC(CC)OP(=O)(OC(COC(=O)C=C)CSc1ccccc1)Sc1ccccc1.C=CC(=O)OCC(CC)OP(=O)(OC(COC(=O)C=C)CSc1ccccc1)c1ccccc1. The minimum atomic E-state index is -3.91. The minimum absolute atomic E-state index is 0.112. The normalized spacial score (nSPS) is 14.2. The third-order valence-electron chi connectivity index (χ3n) is 8.75. The van der Waals surface area contributed by atoms with Crippen LogP contribution in [0.4, 0.5) is 0 Å². The van der Waals surface area contributed by atoms with E-state index in [1.807, 2.05) is 92.7 Å². The van der Waals surface area contributed by atoms with Crippen molar-refractivity contribution in [3.8, 4) is 0 Å². The molecule has 0 radical (unpaired) electrons. The lowest BCUT2D eigenvalue weighted by Crippen LogP contribution is -2.29. The lowest BCUT2D eigenvalue weighted by Gasteiger charge is -2.27. The summed E-state index contributed by atoms with van der Waals surface area (Å²) in [6.45, 7) is 12.8. The first-order valence-electron chi connectivity index (χ1n) is 21.5. The molecule has 4 aromatic carbocycles. The summed E-state index contributed by atoms with van der Waals surface area (Å²) in [5.41, 5.74) is 0. The van der Waals surface area contributed by atoms with Crippen LogP contribution in [0.2, 0.25) is 0 Å². The third-order valence-corrected chi connectivity index (χ3v) is 16.8. The molecule has 0 heterocycles. The zero-order valence-corrected chi connectivity index (χ0v) is 42.7. The highest BCUT2D eigenvalue weighted by molar-refractivity contribution is 8.55. The molecule has 6 unspecified atom stereocenters. The number of carbonyl (C=O) groups is 4. The Labute approximate surface area is 417 Å². The molecule has 4 aromatic rings. The molecule has 0 N–H and O–H groups in total. The third kappa shape index (κ3) is 23.5. The zero-order chi connectivity index (χ0) is 50.3. The molecule has 4 rings (SSSR count). The lowest BCUT2D eigenvalue weighted by molar-refractivity contribution is -0.141. The van der Waals surface area contributed by atoms with Crippen LogP contribution in [-0.2, 0) is 65.4 Å². The van der Waals surface area contributed by atoms with Crippen LogP contribution in [0.1, 0.15) is 26.7 Å². The summed E-state index contributed by atoms with van der Waals surface area (Å²) in [5, 5.41) is 0.341. The first kappa shape index (κ1) is 58.4. The van der Waals surface area contributed by atoms with Crippen molar-refractivity contribution < 1.29 is 65.4 Å². The van der Waals surface area contributed by atoms with Gasteiger partial charge < -0.3 is 18.9 Å². The molecule has 0 aliphatic heterocycles. The topological polar surface area (TPSA) is 176 Å². The molecule has 370 valence electrons. The van der Waals surface area contributed by atoms with Crippen molar-refractivity contribution in [3.05, 3.63) is 172 Å². The molecule has 69 heavy (non-hydrogen) atoms. The van der Waals surface area contributed by atoms with Crippen LogP contribution in [-0.4, -0.2) is 86.2 Å². The van der Waals surface area contributed by atoms with Crippen LogP contribution in [0.3, 0.4) is 0 Å². The molecule has 0 fully saturated rings. The van der Waals surface area contributed by atoms with Crippen LogP contribution >= 0.6 is 49.3 Å². The van der Waals surface area contributed by atoms with Crippen molar-refractivity contribution >= 4 is 78.5 Å². The summed E-state index contributed by atoms with van der Waals surface area (Å²) in [7, 11) is -3.91. The maximum atomic E-state index is 14.1. The van der Waals surface area contributed by atoms with E-state index in [-0.39, 0.29) is 26.4 Å².